The van der Waals surface area contributed by atoms with Gasteiger partial charge in [-0.05, 0) is 24.1 Å². The fraction of sp³-hybridized carbons (Fsp3) is 0.364. The lowest BCUT2D eigenvalue weighted by molar-refractivity contribution is 0.0885. The molecule has 0 bridgehead atoms. The summed E-state index contributed by atoms with van der Waals surface area (Å²) in [6.07, 6.45) is 0.987. The number of nitrogens with zero attached hydrogens (tertiary/aromatic N) is 1. The van der Waals surface area contributed by atoms with Crippen LogP contribution >= 0.6 is 0 Å². The van der Waals surface area contributed by atoms with Crippen molar-refractivity contribution in [1.29, 1.82) is 0 Å². The molecule has 1 amide bonds. The van der Waals surface area contributed by atoms with Crippen LogP contribution in [0, 0.1) is 0 Å². The molecule has 2 nitrogen and oxygen atoms in total. The Bertz CT molecular complexity index is 329. The van der Waals surface area contributed by atoms with E-state index >= 15 is 0 Å². The maximum Gasteiger partial charge on any atom is 0.253 e. The maximum atomic E-state index is 11.6. The third kappa shape index (κ3) is 1.72. The van der Waals surface area contributed by atoms with Gasteiger partial charge in [0.1, 0.15) is 0 Å². The van der Waals surface area contributed by atoms with Crippen LogP contribution < -0.4 is 0 Å². The molecule has 0 atom stereocenters. The van der Waals surface area contributed by atoms with Gasteiger partial charge in [-0.15, -0.1) is 0 Å². The Balaban J connectivity index is 2.23. The highest BCUT2D eigenvalue weighted by atomic mass is 16.2. The van der Waals surface area contributed by atoms with Gasteiger partial charge in [0.15, 0.2) is 0 Å². The van der Waals surface area contributed by atoms with Gasteiger partial charge >= 0.3 is 0 Å². The van der Waals surface area contributed by atoms with E-state index in [1.54, 1.807) is 0 Å². The zero-order valence-electron chi connectivity index (χ0n) is 7.79. The topological polar surface area (TPSA) is 20.1 Å². The van der Waals surface area contributed by atoms with Gasteiger partial charge in [0, 0.05) is 18.7 Å². The number of benzene rings is 1. The van der Waals surface area contributed by atoms with Crippen LogP contribution in [0.3, 0.4) is 0 Å². The first-order valence-electron chi connectivity index (χ1n) is 4.69. The first kappa shape index (κ1) is 8.30. The van der Waals surface area contributed by atoms with E-state index in [-0.39, 0.29) is 5.91 Å². The zero-order valence-corrected chi connectivity index (χ0v) is 7.79. The number of carbonyl (C=O) groups is 1. The van der Waals surface area contributed by atoms with Crippen LogP contribution in [-0.4, -0.2) is 23.9 Å². The molecule has 1 aliphatic rings. The second-order valence-corrected chi connectivity index (χ2v) is 3.35. The zero-order chi connectivity index (χ0) is 9.26. The Hall–Kier alpha value is -1.31. The predicted molar refractivity (Wildman–Crippen MR) is 51.7 cm³/mol. The molecule has 0 radical (unpaired) electrons. The highest BCUT2D eigenvalue weighted by molar-refractivity contribution is 5.95. The Kier molecular flexibility index (Phi) is 2.05. The van der Waals surface area contributed by atoms with Gasteiger partial charge in [0.2, 0.25) is 0 Å². The van der Waals surface area contributed by atoms with E-state index in [1.807, 2.05) is 23.1 Å². The molecule has 0 aliphatic carbocycles. The van der Waals surface area contributed by atoms with Crippen molar-refractivity contribution in [2.24, 2.45) is 0 Å². The molecule has 68 valence electrons. The van der Waals surface area contributed by atoms with Gasteiger partial charge in [0.25, 0.3) is 5.91 Å². The molecule has 1 aromatic carbocycles. The molecule has 1 fully saturated rings. The Morgan fingerprint density at radius 1 is 1.46 bits per heavy atom. The van der Waals surface area contributed by atoms with Crippen molar-refractivity contribution in [1.82, 2.24) is 4.90 Å². The second kappa shape index (κ2) is 3.21. The predicted octanol–water partition coefficient (Wildman–Crippen LogP) is 1.70. The lowest BCUT2D eigenvalue weighted by Gasteiger charge is -2.02. The quantitative estimate of drug-likeness (QED) is 0.626. The third-order valence-electron chi connectivity index (χ3n) is 2.32. The summed E-state index contributed by atoms with van der Waals surface area (Å²) in [6, 6.07) is 7.88. The summed E-state index contributed by atoms with van der Waals surface area (Å²) in [7, 11) is 0. The molecule has 1 saturated heterocycles. The Morgan fingerprint density at radius 2 is 2.23 bits per heavy atom. The van der Waals surface area contributed by atoms with Gasteiger partial charge in [-0.3, -0.25) is 4.79 Å². The van der Waals surface area contributed by atoms with E-state index in [1.165, 1.54) is 5.56 Å². The van der Waals surface area contributed by atoms with E-state index in [0.717, 1.165) is 25.1 Å². The van der Waals surface area contributed by atoms with Crippen LogP contribution in [0.15, 0.2) is 24.3 Å². The van der Waals surface area contributed by atoms with E-state index in [0.29, 0.717) is 0 Å². The van der Waals surface area contributed by atoms with Crippen molar-refractivity contribution < 1.29 is 4.79 Å². The molecule has 0 saturated carbocycles. The summed E-state index contributed by atoms with van der Waals surface area (Å²) in [5.41, 5.74) is 2.06. The number of hydrogen-bond acceptors (Lipinski definition) is 1. The van der Waals surface area contributed by atoms with Crippen LogP contribution in [0.5, 0.6) is 0 Å². The first-order valence-corrected chi connectivity index (χ1v) is 4.69. The van der Waals surface area contributed by atoms with Crippen molar-refractivity contribution >= 4 is 5.91 Å². The van der Waals surface area contributed by atoms with Crippen LogP contribution in [0.1, 0.15) is 22.8 Å². The maximum absolute atomic E-state index is 11.6. The van der Waals surface area contributed by atoms with E-state index in [4.69, 9.17) is 0 Å². The molecule has 2 rings (SSSR count). The highest BCUT2D eigenvalue weighted by Crippen LogP contribution is 2.13. The largest absolute Gasteiger partial charge is 0.335 e. The summed E-state index contributed by atoms with van der Waals surface area (Å²) in [4.78, 5) is 13.4. The lowest BCUT2D eigenvalue weighted by atomic mass is 10.1. The molecule has 1 aliphatic heterocycles. The monoisotopic (exact) mass is 175 g/mol. The molecule has 1 aromatic rings. The van der Waals surface area contributed by atoms with E-state index in [9.17, 15) is 4.79 Å². The summed E-state index contributed by atoms with van der Waals surface area (Å²) >= 11 is 0. The highest BCUT2D eigenvalue weighted by Gasteiger charge is 2.24. The van der Waals surface area contributed by atoms with Crippen molar-refractivity contribution in [3.8, 4) is 0 Å². The fourth-order valence-corrected chi connectivity index (χ4v) is 1.36. The standard InChI is InChI=1S/C11H13NO/c1-2-9-4-3-5-10(8-9)11(13)12-6-7-12/h3-5,8H,2,6-7H2,1H3. The van der Waals surface area contributed by atoms with Crippen LogP contribution in [0.4, 0.5) is 0 Å². The third-order valence-corrected chi connectivity index (χ3v) is 2.32. The number of hydrogen-bond donors (Lipinski definition) is 0. The molecule has 1 heterocycles. The molecule has 0 spiro atoms. The van der Waals surface area contributed by atoms with Crippen LogP contribution in [-0.2, 0) is 6.42 Å². The molecular formula is C11H13NO. The molecule has 0 aromatic heterocycles. The average molecular weight is 175 g/mol. The summed E-state index contributed by atoms with van der Waals surface area (Å²) < 4.78 is 0. The molecule has 0 N–H and O–H groups in total. The molecule has 2 heteroatoms. The van der Waals surface area contributed by atoms with Crippen molar-refractivity contribution in [2.75, 3.05) is 13.1 Å². The minimum Gasteiger partial charge on any atom is -0.335 e. The smallest absolute Gasteiger partial charge is 0.253 e. The summed E-state index contributed by atoms with van der Waals surface area (Å²) in [5.74, 6) is 0.176. The van der Waals surface area contributed by atoms with Crippen LogP contribution in [0.2, 0.25) is 0 Å². The average Bonchev–Trinajstić information content (AvgIpc) is 3.00. The van der Waals surface area contributed by atoms with Crippen molar-refractivity contribution in [3.05, 3.63) is 35.4 Å². The van der Waals surface area contributed by atoms with E-state index < -0.39 is 0 Å². The second-order valence-electron chi connectivity index (χ2n) is 3.35. The van der Waals surface area contributed by atoms with Gasteiger partial charge in [-0.25, -0.2) is 0 Å². The Labute approximate surface area is 78.2 Å². The van der Waals surface area contributed by atoms with Crippen LogP contribution in [0.25, 0.3) is 0 Å². The molecule has 13 heavy (non-hydrogen) atoms. The number of aryl methyl sites for hydroxylation is 1. The number of carbonyl (C=O) groups excluding carboxylic acids is 1. The van der Waals surface area contributed by atoms with Gasteiger partial charge in [-0.1, -0.05) is 19.1 Å². The summed E-state index contributed by atoms with van der Waals surface area (Å²) in [5, 5.41) is 0. The first-order chi connectivity index (χ1) is 6.31. The normalized spacial score (nSPS) is 14.4. The lowest BCUT2D eigenvalue weighted by Crippen LogP contribution is -2.10. The van der Waals surface area contributed by atoms with Gasteiger partial charge < -0.3 is 4.90 Å². The SMILES string of the molecule is CCc1cccc(C(=O)N2CC2)c1. The van der Waals surface area contributed by atoms with E-state index in [2.05, 4.69) is 13.0 Å². The van der Waals surface area contributed by atoms with Crippen molar-refractivity contribution in [3.63, 3.8) is 0 Å². The molecular weight excluding hydrogens is 162 g/mol. The fourth-order valence-electron chi connectivity index (χ4n) is 1.36. The minimum atomic E-state index is 0.176. The molecule has 0 unspecified atom stereocenters. The van der Waals surface area contributed by atoms with Crippen molar-refractivity contribution in [2.45, 2.75) is 13.3 Å². The van der Waals surface area contributed by atoms with Gasteiger partial charge in [0.05, 0.1) is 0 Å². The minimum absolute atomic E-state index is 0.176. The summed E-state index contributed by atoms with van der Waals surface area (Å²) in [6.45, 7) is 3.95. The Morgan fingerprint density at radius 3 is 2.85 bits per heavy atom. The van der Waals surface area contributed by atoms with Gasteiger partial charge in [-0.2, -0.15) is 0 Å². The number of amides is 1. The number of rotatable bonds is 2.